The minimum atomic E-state index is -4.45. The number of hydrogen-bond donors (Lipinski definition) is 1. The molecule has 5 rings (SSSR count). The van der Waals surface area contributed by atoms with Gasteiger partial charge in [-0.1, -0.05) is 36.4 Å². The van der Waals surface area contributed by atoms with Gasteiger partial charge in [0, 0.05) is 24.7 Å². The zero-order valence-electron chi connectivity index (χ0n) is 22.7. The van der Waals surface area contributed by atoms with Crippen molar-refractivity contribution in [1.82, 2.24) is 10.2 Å². The second kappa shape index (κ2) is 12.6. The highest BCUT2D eigenvalue weighted by atomic mass is 19.4. The van der Waals surface area contributed by atoms with Gasteiger partial charge in [-0.2, -0.15) is 17.6 Å². The van der Waals surface area contributed by atoms with Crippen LogP contribution in [0.4, 0.5) is 26.3 Å². The molecule has 1 fully saturated rings. The molecule has 10 heteroatoms. The number of benzene rings is 3. The van der Waals surface area contributed by atoms with E-state index in [2.05, 4.69) is 5.32 Å². The number of halogens is 6. The van der Waals surface area contributed by atoms with Crippen molar-refractivity contribution in [2.75, 3.05) is 19.7 Å². The standard InChI is InChI=1S/C32H30F6N2O2/c33-27-12-13-28(34)30(29(27)35)42-16-2-4-20-6-8-22(9-7-20)25-14-15-39-18-26(25)31(41)40(24-10-11-24)19-21-3-1-5-23(17-21)32(36,37)38/h1,3,5-9,12-13,17,24,39H,2,4,10-11,14-16,18-19H2. The number of ether oxygens (including phenoxy) is 1. The van der Waals surface area contributed by atoms with E-state index >= 15 is 0 Å². The number of nitrogens with zero attached hydrogens (tertiary/aromatic N) is 1. The molecule has 1 saturated carbocycles. The zero-order valence-corrected chi connectivity index (χ0v) is 22.7. The van der Waals surface area contributed by atoms with Gasteiger partial charge in [-0.15, -0.1) is 0 Å². The van der Waals surface area contributed by atoms with Gasteiger partial charge >= 0.3 is 6.18 Å². The molecule has 0 aromatic heterocycles. The lowest BCUT2D eigenvalue weighted by Gasteiger charge is -2.28. The van der Waals surface area contributed by atoms with Gasteiger partial charge in [-0.3, -0.25) is 4.79 Å². The first-order valence-electron chi connectivity index (χ1n) is 13.9. The summed E-state index contributed by atoms with van der Waals surface area (Å²) in [7, 11) is 0. The van der Waals surface area contributed by atoms with Gasteiger partial charge in [0.1, 0.15) is 0 Å². The molecule has 1 aliphatic carbocycles. The Labute approximate surface area is 240 Å². The summed E-state index contributed by atoms with van der Waals surface area (Å²) >= 11 is 0. The number of rotatable bonds is 10. The van der Waals surface area contributed by atoms with Gasteiger partial charge in [0.05, 0.1) is 12.2 Å². The van der Waals surface area contributed by atoms with E-state index in [4.69, 9.17) is 4.74 Å². The molecule has 1 amide bonds. The predicted octanol–water partition coefficient (Wildman–Crippen LogP) is 7.07. The van der Waals surface area contributed by atoms with Crippen LogP contribution in [0.25, 0.3) is 5.57 Å². The first kappa shape index (κ1) is 29.7. The van der Waals surface area contributed by atoms with E-state index in [0.717, 1.165) is 47.7 Å². The van der Waals surface area contributed by atoms with Crippen LogP contribution >= 0.6 is 0 Å². The molecule has 1 N–H and O–H groups in total. The van der Waals surface area contributed by atoms with E-state index in [9.17, 15) is 31.1 Å². The van der Waals surface area contributed by atoms with Crippen LogP contribution < -0.4 is 10.1 Å². The summed E-state index contributed by atoms with van der Waals surface area (Å²) < 4.78 is 85.8. The highest BCUT2D eigenvalue weighted by molar-refractivity contribution is 6.02. The van der Waals surface area contributed by atoms with Crippen molar-refractivity contribution in [1.29, 1.82) is 0 Å². The molecule has 0 bridgehead atoms. The summed E-state index contributed by atoms with van der Waals surface area (Å²) in [4.78, 5) is 15.5. The van der Waals surface area contributed by atoms with Crippen LogP contribution in [0.3, 0.4) is 0 Å². The Kier molecular flexibility index (Phi) is 8.91. The molecular formula is C32H30F6N2O2. The average Bonchev–Trinajstić information content (AvgIpc) is 3.83. The van der Waals surface area contributed by atoms with Crippen molar-refractivity contribution in [2.24, 2.45) is 0 Å². The Morgan fingerprint density at radius 1 is 0.952 bits per heavy atom. The molecule has 2 aliphatic rings. The van der Waals surface area contributed by atoms with E-state index in [1.54, 1.807) is 11.0 Å². The van der Waals surface area contributed by atoms with Crippen molar-refractivity contribution in [2.45, 2.75) is 50.9 Å². The van der Waals surface area contributed by atoms with Crippen molar-refractivity contribution in [3.05, 3.63) is 106 Å². The monoisotopic (exact) mass is 588 g/mol. The summed E-state index contributed by atoms with van der Waals surface area (Å²) in [6.07, 6.45) is -1.20. The lowest BCUT2D eigenvalue weighted by Crippen LogP contribution is -2.39. The summed E-state index contributed by atoms with van der Waals surface area (Å²) in [6.45, 7) is 1.16. The Bertz CT molecular complexity index is 1460. The number of carbonyl (C=O) groups is 1. The van der Waals surface area contributed by atoms with E-state index in [0.29, 0.717) is 49.6 Å². The summed E-state index contributed by atoms with van der Waals surface area (Å²) in [5, 5.41) is 3.25. The minimum absolute atomic E-state index is 0.00152. The fourth-order valence-corrected chi connectivity index (χ4v) is 5.14. The van der Waals surface area contributed by atoms with Crippen LogP contribution in [0, 0.1) is 17.5 Å². The maximum atomic E-state index is 13.8. The third kappa shape index (κ3) is 6.98. The van der Waals surface area contributed by atoms with Crippen molar-refractivity contribution in [3.8, 4) is 5.75 Å². The molecule has 1 aliphatic heterocycles. The zero-order chi connectivity index (χ0) is 29.9. The van der Waals surface area contributed by atoms with Crippen LogP contribution in [0.5, 0.6) is 5.75 Å². The lowest BCUT2D eigenvalue weighted by molar-refractivity contribution is -0.137. The predicted molar refractivity (Wildman–Crippen MR) is 146 cm³/mol. The van der Waals surface area contributed by atoms with Crippen LogP contribution in [0.1, 0.15) is 47.9 Å². The lowest BCUT2D eigenvalue weighted by atomic mass is 9.92. The number of amides is 1. The molecule has 0 unspecified atom stereocenters. The average molecular weight is 589 g/mol. The van der Waals surface area contributed by atoms with Crippen LogP contribution in [0.2, 0.25) is 0 Å². The largest absolute Gasteiger partial charge is 0.488 e. The number of aryl methyl sites for hydroxylation is 1. The summed E-state index contributed by atoms with van der Waals surface area (Å²) in [6, 6.07) is 14.3. The summed E-state index contributed by atoms with van der Waals surface area (Å²) in [5.74, 6) is -4.39. The van der Waals surface area contributed by atoms with Gasteiger partial charge in [0.15, 0.2) is 17.4 Å². The number of carbonyl (C=O) groups excluding carboxylic acids is 1. The van der Waals surface area contributed by atoms with Gasteiger partial charge in [-0.25, -0.2) is 8.78 Å². The van der Waals surface area contributed by atoms with E-state index in [-0.39, 0.29) is 25.1 Å². The second-order valence-corrected chi connectivity index (χ2v) is 10.6. The molecule has 0 saturated heterocycles. The van der Waals surface area contributed by atoms with Crippen molar-refractivity contribution >= 4 is 11.5 Å². The van der Waals surface area contributed by atoms with Gasteiger partial charge < -0.3 is 15.0 Å². The molecule has 0 radical (unpaired) electrons. The minimum Gasteiger partial charge on any atom is -0.488 e. The molecule has 0 spiro atoms. The molecule has 222 valence electrons. The highest BCUT2D eigenvalue weighted by Gasteiger charge is 2.36. The molecule has 42 heavy (non-hydrogen) atoms. The van der Waals surface area contributed by atoms with Crippen molar-refractivity contribution < 1.29 is 35.9 Å². The summed E-state index contributed by atoms with van der Waals surface area (Å²) in [5.41, 5.74) is 3.06. The topological polar surface area (TPSA) is 41.6 Å². The molecule has 3 aromatic carbocycles. The molecule has 1 heterocycles. The highest BCUT2D eigenvalue weighted by Crippen LogP contribution is 2.34. The number of hydrogen-bond acceptors (Lipinski definition) is 3. The third-order valence-corrected chi connectivity index (χ3v) is 7.49. The second-order valence-electron chi connectivity index (χ2n) is 10.6. The first-order chi connectivity index (χ1) is 20.1. The van der Waals surface area contributed by atoms with Gasteiger partial charge in [-0.05, 0) is 85.2 Å². The van der Waals surface area contributed by atoms with E-state index < -0.39 is 34.9 Å². The Hall–Kier alpha value is -3.79. The molecule has 3 aromatic rings. The van der Waals surface area contributed by atoms with Gasteiger partial charge in [0.2, 0.25) is 5.82 Å². The Morgan fingerprint density at radius 2 is 1.69 bits per heavy atom. The van der Waals surface area contributed by atoms with Gasteiger partial charge in [0.25, 0.3) is 5.91 Å². The molecule has 4 nitrogen and oxygen atoms in total. The fourth-order valence-electron chi connectivity index (χ4n) is 5.14. The Balaban J connectivity index is 1.26. The first-order valence-corrected chi connectivity index (χ1v) is 13.9. The SMILES string of the molecule is O=C(C1=C(c2ccc(CCCOc3c(F)ccc(F)c3F)cc2)CCNC1)N(Cc1cccc(C(F)(F)F)c1)C1CC1. The van der Waals surface area contributed by atoms with Crippen LogP contribution in [-0.2, 0) is 23.9 Å². The van der Waals surface area contributed by atoms with E-state index in [1.165, 1.54) is 6.07 Å². The smallest absolute Gasteiger partial charge is 0.416 e. The molecular weight excluding hydrogens is 558 g/mol. The maximum Gasteiger partial charge on any atom is 0.416 e. The normalized spacial score (nSPS) is 15.6. The number of alkyl halides is 3. The van der Waals surface area contributed by atoms with Crippen LogP contribution in [-0.4, -0.2) is 36.5 Å². The molecule has 0 atom stereocenters. The fraction of sp³-hybridized carbons (Fsp3) is 0.344. The maximum absolute atomic E-state index is 13.8. The number of nitrogens with one attached hydrogen (secondary N) is 1. The quantitative estimate of drug-likeness (QED) is 0.157. The van der Waals surface area contributed by atoms with E-state index in [1.807, 2.05) is 24.3 Å². The van der Waals surface area contributed by atoms with Crippen LogP contribution in [0.15, 0.2) is 66.2 Å². The van der Waals surface area contributed by atoms with Crippen molar-refractivity contribution in [3.63, 3.8) is 0 Å². The third-order valence-electron chi connectivity index (χ3n) is 7.49. The Morgan fingerprint density at radius 3 is 2.40 bits per heavy atom.